The summed E-state index contributed by atoms with van der Waals surface area (Å²) in [6, 6.07) is 4.03. The summed E-state index contributed by atoms with van der Waals surface area (Å²) < 4.78 is 5.44. The summed E-state index contributed by atoms with van der Waals surface area (Å²) in [6.45, 7) is 2.34. The third-order valence-electron chi connectivity index (χ3n) is 3.57. The number of rotatable bonds is 3. The third kappa shape index (κ3) is 2.41. The van der Waals surface area contributed by atoms with Gasteiger partial charge in [0, 0.05) is 12.0 Å². The maximum atomic E-state index is 5.44. The van der Waals surface area contributed by atoms with Crippen LogP contribution >= 0.6 is 0 Å². The zero-order chi connectivity index (χ0) is 10.7. The molecule has 2 rings (SSSR count). The van der Waals surface area contributed by atoms with Crippen molar-refractivity contribution in [1.29, 1.82) is 0 Å². The van der Waals surface area contributed by atoms with Crippen LogP contribution in [0, 0.1) is 0 Å². The van der Waals surface area contributed by atoms with Gasteiger partial charge in [-0.2, -0.15) is 0 Å². The Balaban J connectivity index is 2.02. The second-order valence-electron chi connectivity index (χ2n) is 4.59. The molecule has 0 bridgehead atoms. The van der Waals surface area contributed by atoms with E-state index in [0.29, 0.717) is 0 Å². The van der Waals surface area contributed by atoms with Gasteiger partial charge in [-0.1, -0.05) is 0 Å². The standard InChI is InChI=1S/C12H20N2O/c1-13-12(5-7-14(2)8-6-12)10-11-4-3-9-15-11/h3-4,9,13H,5-8,10H2,1-2H3. The fourth-order valence-corrected chi connectivity index (χ4v) is 2.31. The molecule has 0 spiro atoms. The quantitative estimate of drug-likeness (QED) is 0.816. The fraction of sp³-hybridized carbons (Fsp3) is 0.667. The average Bonchev–Trinajstić information content (AvgIpc) is 2.75. The minimum Gasteiger partial charge on any atom is -0.469 e. The Morgan fingerprint density at radius 2 is 2.20 bits per heavy atom. The van der Waals surface area contributed by atoms with Crippen molar-refractivity contribution >= 4 is 0 Å². The minimum absolute atomic E-state index is 0.240. The highest BCUT2D eigenvalue weighted by Crippen LogP contribution is 2.25. The third-order valence-corrected chi connectivity index (χ3v) is 3.57. The first-order chi connectivity index (χ1) is 7.24. The van der Waals surface area contributed by atoms with Crippen LogP contribution in [0.2, 0.25) is 0 Å². The lowest BCUT2D eigenvalue weighted by atomic mass is 9.84. The van der Waals surface area contributed by atoms with Gasteiger partial charge in [0.2, 0.25) is 0 Å². The average molecular weight is 208 g/mol. The van der Waals surface area contributed by atoms with E-state index in [1.54, 1.807) is 6.26 Å². The van der Waals surface area contributed by atoms with Crippen LogP contribution in [0.15, 0.2) is 22.8 Å². The van der Waals surface area contributed by atoms with Gasteiger partial charge in [-0.3, -0.25) is 0 Å². The minimum atomic E-state index is 0.240. The molecule has 3 nitrogen and oxygen atoms in total. The SMILES string of the molecule is CNC1(Cc2ccco2)CCN(C)CC1. The predicted octanol–water partition coefficient (Wildman–Crippen LogP) is 1.51. The monoisotopic (exact) mass is 208 g/mol. The summed E-state index contributed by atoms with van der Waals surface area (Å²) in [4.78, 5) is 2.39. The Bertz CT molecular complexity index is 287. The van der Waals surface area contributed by atoms with Crippen molar-refractivity contribution in [2.45, 2.75) is 24.8 Å². The molecular formula is C12H20N2O. The maximum Gasteiger partial charge on any atom is 0.105 e. The number of likely N-dealkylation sites (N-methyl/N-ethyl adjacent to an activating group) is 1. The first-order valence-corrected chi connectivity index (χ1v) is 5.64. The zero-order valence-electron chi connectivity index (χ0n) is 9.62. The van der Waals surface area contributed by atoms with E-state index in [2.05, 4.69) is 30.4 Å². The largest absolute Gasteiger partial charge is 0.469 e. The number of hydrogen-bond acceptors (Lipinski definition) is 3. The lowest BCUT2D eigenvalue weighted by molar-refractivity contribution is 0.158. The van der Waals surface area contributed by atoms with E-state index in [4.69, 9.17) is 4.42 Å². The van der Waals surface area contributed by atoms with Crippen molar-refractivity contribution in [2.24, 2.45) is 0 Å². The van der Waals surface area contributed by atoms with Crippen LogP contribution in [0.5, 0.6) is 0 Å². The second-order valence-corrected chi connectivity index (χ2v) is 4.59. The lowest BCUT2D eigenvalue weighted by Gasteiger charge is -2.40. The van der Waals surface area contributed by atoms with Crippen molar-refractivity contribution in [3.8, 4) is 0 Å². The molecule has 0 aromatic carbocycles. The van der Waals surface area contributed by atoms with Crippen LogP contribution in [0.1, 0.15) is 18.6 Å². The molecule has 0 saturated carbocycles. The molecule has 0 aliphatic carbocycles. The van der Waals surface area contributed by atoms with Crippen molar-refractivity contribution < 1.29 is 4.42 Å². The number of hydrogen-bond donors (Lipinski definition) is 1. The summed E-state index contributed by atoms with van der Waals surface area (Å²) in [5, 5.41) is 3.49. The topological polar surface area (TPSA) is 28.4 Å². The molecule has 3 heteroatoms. The highest BCUT2D eigenvalue weighted by molar-refractivity contribution is 5.06. The van der Waals surface area contributed by atoms with Crippen LogP contribution in [0.3, 0.4) is 0 Å². The van der Waals surface area contributed by atoms with Crippen LogP contribution in [-0.4, -0.2) is 37.6 Å². The Morgan fingerprint density at radius 1 is 1.47 bits per heavy atom. The molecule has 1 fully saturated rings. The molecule has 1 aliphatic rings. The van der Waals surface area contributed by atoms with Crippen LogP contribution in [-0.2, 0) is 6.42 Å². The first-order valence-electron chi connectivity index (χ1n) is 5.64. The summed E-state index contributed by atoms with van der Waals surface area (Å²) in [6.07, 6.45) is 5.15. The molecule has 0 radical (unpaired) electrons. The maximum absolute atomic E-state index is 5.44. The highest BCUT2D eigenvalue weighted by Gasteiger charge is 2.32. The van der Waals surface area contributed by atoms with Gasteiger partial charge in [0.25, 0.3) is 0 Å². The van der Waals surface area contributed by atoms with Crippen LogP contribution in [0.25, 0.3) is 0 Å². The van der Waals surface area contributed by atoms with E-state index in [1.165, 1.54) is 25.9 Å². The molecule has 1 aliphatic heterocycles. The first kappa shape index (κ1) is 10.7. The number of furan rings is 1. The van der Waals surface area contributed by atoms with Gasteiger partial charge in [-0.15, -0.1) is 0 Å². The predicted molar refractivity (Wildman–Crippen MR) is 60.9 cm³/mol. The molecule has 1 aromatic heterocycles. The summed E-state index contributed by atoms with van der Waals surface area (Å²) >= 11 is 0. The molecule has 1 aromatic rings. The smallest absolute Gasteiger partial charge is 0.105 e. The Hall–Kier alpha value is -0.800. The van der Waals surface area contributed by atoms with E-state index < -0.39 is 0 Å². The summed E-state index contributed by atoms with van der Waals surface area (Å²) in [5.41, 5.74) is 0.240. The van der Waals surface area contributed by atoms with E-state index in [1.807, 2.05) is 6.07 Å². The molecule has 84 valence electrons. The van der Waals surface area contributed by atoms with Gasteiger partial charge in [0.05, 0.1) is 6.26 Å². The molecular weight excluding hydrogens is 188 g/mol. The Labute approximate surface area is 91.4 Å². The van der Waals surface area contributed by atoms with Gasteiger partial charge in [0.1, 0.15) is 5.76 Å². The van der Waals surface area contributed by atoms with Gasteiger partial charge >= 0.3 is 0 Å². The van der Waals surface area contributed by atoms with E-state index in [9.17, 15) is 0 Å². The number of likely N-dealkylation sites (tertiary alicyclic amines) is 1. The summed E-state index contributed by atoms with van der Waals surface area (Å²) in [5.74, 6) is 1.09. The fourth-order valence-electron chi connectivity index (χ4n) is 2.31. The molecule has 0 amide bonds. The van der Waals surface area contributed by atoms with Crippen LogP contribution < -0.4 is 5.32 Å². The molecule has 15 heavy (non-hydrogen) atoms. The molecule has 0 unspecified atom stereocenters. The number of piperidine rings is 1. The van der Waals surface area contributed by atoms with Crippen molar-refractivity contribution in [1.82, 2.24) is 10.2 Å². The van der Waals surface area contributed by atoms with E-state index in [0.717, 1.165) is 12.2 Å². The van der Waals surface area contributed by atoms with Gasteiger partial charge in [-0.05, 0) is 52.2 Å². The number of nitrogens with zero attached hydrogens (tertiary/aromatic N) is 1. The Kier molecular flexibility index (Phi) is 3.12. The van der Waals surface area contributed by atoms with Gasteiger partial charge in [-0.25, -0.2) is 0 Å². The van der Waals surface area contributed by atoms with Crippen molar-refractivity contribution in [3.05, 3.63) is 24.2 Å². The van der Waals surface area contributed by atoms with E-state index >= 15 is 0 Å². The van der Waals surface area contributed by atoms with E-state index in [-0.39, 0.29) is 5.54 Å². The van der Waals surface area contributed by atoms with Gasteiger partial charge in [0.15, 0.2) is 0 Å². The molecule has 1 N–H and O–H groups in total. The molecule has 2 heterocycles. The normalized spacial score (nSPS) is 21.7. The number of nitrogens with one attached hydrogen (secondary N) is 1. The lowest BCUT2D eigenvalue weighted by Crippen LogP contribution is -2.52. The highest BCUT2D eigenvalue weighted by atomic mass is 16.3. The van der Waals surface area contributed by atoms with Crippen LogP contribution in [0.4, 0.5) is 0 Å². The Morgan fingerprint density at radius 3 is 2.73 bits per heavy atom. The van der Waals surface area contributed by atoms with Gasteiger partial charge < -0.3 is 14.6 Å². The van der Waals surface area contributed by atoms with Crippen molar-refractivity contribution in [3.63, 3.8) is 0 Å². The molecule has 0 atom stereocenters. The van der Waals surface area contributed by atoms with Crippen molar-refractivity contribution in [2.75, 3.05) is 27.2 Å². The zero-order valence-corrected chi connectivity index (χ0v) is 9.62. The summed E-state index contributed by atoms with van der Waals surface area (Å²) in [7, 11) is 4.25. The molecule has 1 saturated heterocycles. The second kappa shape index (κ2) is 4.37.